The van der Waals surface area contributed by atoms with Gasteiger partial charge in [0, 0.05) is 6.54 Å². The molecule has 0 N–H and O–H groups in total. The van der Waals surface area contributed by atoms with Gasteiger partial charge in [0.25, 0.3) is 0 Å². The Kier molecular flexibility index (Phi) is 2.10. The Morgan fingerprint density at radius 3 is 2.92 bits per heavy atom. The predicted molar refractivity (Wildman–Crippen MR) is 45.0 cm³/mol. The third kappa shape index (κ3) is 1.49. The zero-order chi connectivity index (χ0) is 8.39. The fraction of sp³-hybridized carbons (Fsp3) is 0.429. The highest BCUT2D eigenvalue weighted by Crippen LogP contribution is 2.15. The molecule has 0 aliphatic carbocycles. The van der Waals surface area contributed by atoms with Gasteiger partial charge >= 0.3 is 0 Å². The number of rotatable bonds is 1. The van der Waals surface area contributed by atoms with Gasteiger partial charge in [-0.05, 0) is 6.42 Å². The summed E-state index contributed by atoms with van der Waals surface area (Å²) in [6.45, 7) is 1.63. The van der Waals surface area contributed by atoms with Crippen molar-refractivity contribution < 1.29 is 4.84 Å². The molecule has 12 heavy (non-hydrogen) atoms. The molecule has 0 saturated carbocycles. The van der Waals surface area contributed by atoms with Crippen molar-refractivity contribution in [3.05, 3.63) is 17.5 Å². The molecule has 0 spiro atoms. The minimum atomic E-state index is 0.401. The Balaban J connectivity index is 2.17. The van der Waals surface area contributed by atoms with Crippen LogP contribution in [0.2, 0.25) is 5.15 Å². The molecule has 1 fully saturated rings. The van der Waals surface area contributed by atoms with Gasteiger partial charge < -0.3 is 0 Å². The largest absolute Gasteiger partial charge is 0.272 e. The molecule has 64 valence electrons. The van der Waals surface area contributed by atoms with E-state index in [1.165, 1.54) is 6.20 Å². The molecule has 1 aromatic rings. The SMILES string of the molecule is Clc1cnc(N2CCCO2)cn1. The maximum absolute atomic E-state index is 5.59. The molecule has 0 aromatic carbocycles. The van der Waals surface area contributed by atoms with Crippen LogP contribution in [0.4, 0.5) is 5.82 Å². The summed E-state index contributed by atoms with van der Waals surface area (Å²) in [5, 5.41) is 2.13. The van der Waals surface area contributed by atoms with E-state index in [0.29, 0.717) is 5.15 Å². The molecule has 5 heteroatoms. The molecule has 1 saturated heterocycles. The van der Waals surface area contributed by atoms with Crippen molar-refractivity contribution in [3.8, 4) is 0 Å². The number of hydroxylamine groups is 1. The van der Waals surface area contributed by atoms with Gasteiger partial charge in [0.2, 0.25) is 0 Å². The predicted octanol–water partition coefficient (Wildman–Crippen LogP) is 1.27. The minimum Gasteiger partial charge on any atom is -0.272 e. The zero-order valence-electron chi connectivity index (χ0n) is 6.40. The Hall–Kier alpha value is -0.870. The summed E-state index contributed by atoms with van der Waals surface area (Å²) in [5.74, 6) is 0.719. The van der Waals surface area contributed by atoms with Gasteiger partial charge in [0.15, 0.2) is 5.82 Å². The topological polar surface area (TPSA) is 38.2 Å². The van der Waals surface area contributed by atoms with Crippen molar-refractivity contribution in [1.29, 1.82) is 0 Å². The van der Waals surface area contributed by atoms with Crippen molar-refractivity contribution in [2.45, 2.75) is 6.42 Å². The van der Waals surface area contributed by atoms with E-state index in [0.717, 1.165) is 25.4 Å². The number of hydrogen-bond donors (Lipinski definition) is 0. The lowest BCUT2D eigenvalue weighted by Crippen LogP contribution is -2.17. The number of aromatic nitrogens is 2. The summed E-state index contributed by atoms with van der Waals surface area (Å²) in [7, 11) is 0. The Morgan fingerprint density at radius 1 is 1.42 bits per heavy atom. The maximum Gasteiger partial charge on any atom is 0.171 e. The third-order valence-corrected chi connectivity index (χ3v) is 1.81. The van der Waals surface area contributed by atoms with E-state index < -0.39 is 0 Å². The molecule has 1 aliphatic heterocycles. The van der Waals surface area contributed by atoms with Crippen LogP contribution in [0.25, 0.3) is 0 Å². The normalized spacial score (nSPS) is 16.9. The van der Waals surface area contributed by atoms with Crippen molar-refractivity contribution >= 4 is 17.4 Å². The highest BCUT2D eigenvalue weighted by Gasteiger charge is 2.14. The van der Waals surface area contributed by atoms with E-state index in [2.05, 4.69) is 9.97 Å². The smallest absolute Gasteiger partial charge is 0.171 e. The van der Waals surface area contributed by atoms with Crippen LogP contribution in [0.1, 0.15) is 6.42 Å². The first-order chi connectivity index (χ1) is 5.86. The molecule has 1 aromatic heterocycles. The van der Waals surface area contributed by atoms with Gasteiger partial charge in [-0.25, -0.2) is 15.0 Å². The molecule has 0 bridgehead atoms. The van der Waals surface area contributed by atoms with Gasteiger partial charge in [-0.1, -0.05) is 11.6 Å². The highest BCUT2D eigenvalue weighted by molar-refractivity contribution is 6.29. The molecular weight excluding hydrogens is 178 g/mol. The van der Waals surface area contributed by atoms with E-state index in [-0.39, 0.29) is 0 Å². The van der Waals surface area contributed by atoms with Gasteiger partial charge in [0.1, 0.15) is 5.15 Å². The van der Waals surface area contributed by atoms with E-state index in [1.807, 2.05) is 0 Å². The molecule has 0 unspecified atom stereocenters. The summed E-state index contributed by atoms with van der Waals surface area (Å²) in [6, 6.07) is 0. The van der Waals surface area contributed by atoms with E-state index in [4.69, 9.17) is 16.4 Å². The number of hydrogen-bond acceptors (Lipinski definition) is 4. The first-order valence-electron chi connectivity index (χ1n) is 3.74. The van der Waals surface area contributed by atoms with E-state index >= 15 is 0 Å². The second-order valence-electron chi connectivity index (χ2n) is 2.49. The quantitative estimate of drug-likeness (QED) is 0.661. The maximum atomic E-state index is 5.59. The van der Waals surface area contributed by atoms with Crippen molar-refractivity contribution in [3.63, 3.8) is 0 Å². The lowest BCUT2D eigenvalue weighted by molar-refractivity contribution is 0.166. The third-order valence-electron chi connectivity index (χ3n) is 1.61. The van der Waals surface area contributed by atoms with Crippen LogP contribution in [0.5, 0.6) is 0 Å². The van der Waals surface area contributed by atoms with Gasteiger partial charge in [0.05, 0.1) is 19.0 Å². The molecule has 0 atom stereocenters. The van der Waals surface area contributed by atoms with Crippen molar-refractivity contribution in [2.24, 2.45) is 0 Å². The summed E-state index contributed by atoms with van der Waals surface area (Å²) in [5.41, 5.74) is 0. The average molecular weight is 186 g/mol. The van der Waals surface area contributed by atoms with Gasteiger partial charge in [-0.2, -0.15) is 0 Å². The lowest BCUT2D eigenvalue weighted by Gasteiger charge is -2.13. The molecule has 4 nitrogen and oxygen atoms in total. The van der Waals surface area contributed by atoms with Crippen LogP contribution in [-0.4, -0.2) is 23.1 Å². The van der Waals surface area contributed by atoms with E-state index in [9.17, 15) is 0 Å². The monoisotopic (exact) mass is 185 g/mol. The molecular formula is C7H8ClN3O. The molecule has 2 rings (SSSR count). The average Bonchev–Trinajstić information content (AvgIpc) is 2.58. The van der Waals surface area contributed by atoms with Crippen LogP contribution < -0.4 is 5.06 Å². The summed E-state index contributed by atoms with van der Waals surface area (Å²) >= 11 is 5.59. The number of anilines is 1. The summed E-state index contributed by atoms with van der Waals surface area (Å²) in [4.78, 5) is 13.2. The first-order valence-corrected chi connectivity index (χ1v) is 4.12. The molecule has 0 amide bonds. The fourth-order valence-electron chi connectivity index (χ4n) is 1.06. The number of nitrogens with zero attached hydrogens (tertiary/aromatic N) is 3. The number of halogens is 1. The first kappa shape index (κ1) is 7.76. The Bertz CT molecular complexity index is 258. The van der Waals surface area contributed by atoms with Gasteiger partial charge in [-0.3, -0.25) is 4.84 Å². The second kappa shape index (κ2) is 3.25. The van der Waals surface area contributed by atoms with Crippen molar-refractivity contribution in [1.82, 2.24) is 9.97 Å². The lowest BCUT2D eigenvalue weighted by atomic mass is 10.5. The van der Waals surface area contributed by atoms with Crippen LogP contribution in [0.15, 0.2) is 12.4 Å². The summed E-state index contributed by atoms with van der Waals surface area (Å²) < 4.78 is 0. The van der Waals surface area contributed by atoms with Crippen LogP contribution in [-0.2, 0) is 4.84 Å². The fourth-order valence-corrected chi connectivity index (χ4v) is 1.16. The molecule has 1 aliphatic rings. The summed E-state index contributed by atoms with van der Waals surface area (Å²) in [6.07, 6.45) is 4.15. The minimum absolute atomic E-state index is 0.401. The van der Waals surface area contributed by atoms with Crippen LogP contribution >= 0.6 is 11.6 Å². The zero-order valence-corrected chi connectivity index (χ0v) is 7.16. The van der Waals surface area contributed by atoms with E-state index in [1.54, 1.807) is 11.3 Å². The van der Waals surface area contributed by atoms with Crippen LogP contribution in [0.3, 0.4) is 0 Å². The van der Waals surface area contributed by atoms with Gasteiger partial charge in [-0.15, -0.1) is 0 Å². The molecule has 0 radical (unpaired) electrons. The molecule has 2 heterocycles. The van der Waals surface area contributed by atoms with Crippen molar-refractivity contribution in [2.75, 3.05) is 18.2 Å². The Labute approximate surface area is 75.1 Å². The highest BCUT2D eigenvalue weighted by atomic mass is 35.5. The Morgan fingerprint density at radius 2 is 2.33 bits per heavy atom. The second-order valence-corrected chi connectivity index (χ2v) is 2.87. The van der Waals surface area contributed by atoms with Crippen LogP contribution in [0, 0.1) is 0 Å². The standard InChI is InChI=1S/C7H8ClN3O/c8-6-4-10-7(5-9-6)11-2-1-3-12-11/h4-5H,1-3H2.